The van der Waals surface area contributed by atoms with Crippen LogP contribution in [0.1, 0.15) is 35.7 Å². The molecule has 4 N–H and O–H groups in total. The molecule has 0 aliphatic rings. The van der Waals surface area contributed by atoms with Gasteiger partial charge in [-0.05, 0) is 36.8 Å². The average molecular weight is 350 g/mol. The van der Waals surface area contributed by atoms with Crippen molar-refractivity contribution in [3.63, 3.8) is 0 Å². The first kappa shape index (κ1) is 16.9. The predicted octanol–water partition coefficient (Wildman–Crippen LogP) is 2.99. The van der Waals surface area contributed by atoms with Crippen LogP contribution in [0, 0.1) is 23.7 Å². The van der Waals surface area contributed by atoms with Gasteiger partial charge in [-0.3, -0.25) is 10.2 Å². The van der Waals surface area contributed by atoms with Crippen molar-refractivity contribution in [1.29, 1.82) is 10.7 Å². The number of hydrogen-bond donors (Lipinski definition) is 3. The maximum atomic E-state index is 12.4. The van der Waals surface area contributed by atoms with E-state index in [2.05, 4.69) is 15.3 Å². The number of carbonyl (C=O) groups is 1. The van der Waals surface area contributed by atoms with Gasteiger partial charge < -0.3 is 15.5 Å². The Balaban J connectivity index is 0.00000196. The monoisotopic (exact) mass is 350 g/mol. The standard InChI is InChI=1S/C18H14N6O2.2H2/c1-10-6-11(7-19)8-22-16(10)18(25)24-14-3-2-13(20)17(23-14)15(21)12-4-5-26-9-12;;/h2-6,8-9,21H,20H2,1H3,(H,23,24,25);2*1H. The Hall–Kier alpha value is -3.99. The lowest BCUT2D eigenvalue weighted by Crippen LogP contribution is -2.17. The van der Waals surface area contributed by atoms with Crippen molar-refractivity contribution < 1.29 is 12.1 Å². The van der Waals surface area contributed by atoms with E-state index < -0.39 is 5.91 Å². The van der Waals surface area contributed by atoms with E-state index in [1.54, 1.807) is 31.2 Å². The zero-order valence-electron chi connectivity index (χ0n) is 13.8. The second-order valence-corrected chi connectivity index (χ2v) is 5.48. The van der Waals surface area contributed by atoms with Crippen LogP contribution in [0.2, 0.25) is 0 Å². The lowest BCUT2D eigenvalue weighted by molar-refractivity contribution is 0.102. The Labute approximate surface area is 151 Å². The minimum Gasteiger partial charge on any atom is -0.472 e. The summed E-state index contributed by atoms with van der Waals surface area (Å²) >= 11 is 0. The van der Waals surface area contributed by atoms with E-state index >= 15 is 0 Å². The molecule has 0 unspecified atom stereocenters. The van der Waals surface area contributed by atoms with Crippen molar-refractivity contribution in [3.05, 3.63) is 71.1 Å². The van der Waals surface area contributed by atoms with Gasteiger partial charge in [0, 0.05) is 14.6 Å². The highest BCUT2D eigenvalue weighted by atomic mass is 16.3. The summed E-state index contributed by atoms with van der Waals surface area (Å²) in [6.45, 7) is 1.69. The Kier molecular flexibility index (Phi) is 4.45. The minimum absolute atomic E-state index is 0. The first-order valence-electron chi connectivity index (χ1n) is 7.55. The SMILES string of the molecule is Cc1cc(C#N)cnc1C(=O)Nc1ccc(N)c(C(=N)c2ccoc2)n1.[HH].[HH]. The highest BCUT2D eigenvalue weighted by Crippen LogP contribution is 2.18. The number of nitrogens with zero attached hydrogens (tertiary/aromatic N) is 3. The van der Waals surface area contributed by atoms with Crippen LogP contribution in [0.5, 0.6) is 0 Å². The van der Waals surface area contributed by atoms with Gasteiger partial charge in [0.25, 0.3) is 5.91 Å². The van der Waals surface area contributed by atoms with E-state index in [1.807, 2.05) is 6.07 Å². The van der Waals surface area contributed by atoms with Gasteiger partial charge in [-0.1, -0.05) is 0 Å². The van der Waals surface area contributed by atoms with Crippen LogP contribution in [0.4, 0.5) is 11.5 Å². The molecule has 0 spiro atoms. The Morgan fingerprint density at radius 3 is 2.85 bits per heavy atom. The largest absolute Gasteiger partial charge is 0.472 e. The van der Waals surface area contributed by atoms with Crippen molar-refractivity contribution in [3.8, 4) is 6.07 Å². The molecule has 3 rings (SSSR count). The summed E-state index contributed by atoms with van der Waals surface area (Å²) in [5.41, 5.74) is 8.19. The van der Waals surface area contributed by atoms with Gasteiger partial charge in [0.05, 0.1) is 29.5 Å². The van der Waals surface area contributed by atoms with Crippen molar-refractivity contribution in [1.82, 2.24) is 9.97 Å². The van der Waals surface area contributed by atoms with E-state index in [4.69, 9.17) is 20.8 Å². The molecule has 0 radical (unpaired) electrons. The maximum absolute atomic E-state index is 12.4. The predicted molar refractivity (Wildman–Crippen MR) is 99.2 cm³/mol. The number of hydrogen-bond acceptors (Lipinski definition) is 7. The van der Waals surface area contributed by atoms with Crippen molar-refractivity contribution in [2.24, 2.45) is 0 Å². The second-order valence-electron chi connectivity index (χ2n) is 5.48. The van der Waals surface area contributed by atoms with Gasteiger partial charge >= 0.3 is 0 Å². The zero-order chi connectivity index (χ0) is 18.7. The Morgan fingerprint density at radius 2 is 2.19 bits per heavy atom. The van der Waals surface area contributed by atoms with Crippen molar-refractivity contribution in [2.75, 3.05) is 11.1 Å². The summed E-state index contributed by atoms with van der Waals surface area (Å²) in [7, 11) is 0. The summed E-state index contributed by atoms with van der Waals surface area (Å²) in [5.74, 6) is -0.233. The number of amides is 1. The Morgan fingerprint density at radius 1 is 1.38 bits per heavy atom. The second kappa shape index (κ2) is 6.86. The minimum atomic E-state index is -0.468. The molecule has 0 atom stereocenters. The fourth-order valence-corrected chi connectivity index (χ4v) is 2.33. The van der Waals surface area contributed by atoms with Crippen LogP contribution in [0.15, 0.2) is 47.4 Å². The average Bonchev–Trinajstić information content (AvgIpc) is 3.17. The van der Waals surface area contributed by atoms with Gasteiger partial charge in [0.1, 0.15) is 23.3 Å². The molecule has 0 aliphatic heterocycles. The van der Waals surface area contributed by atoms with E-state index in [1.165, 1.54) is 18.7 Å². The van der Waals surface area contributed by atoms with Crippen LogP contribution in [-0.4, -0.2) is 21.6 Å². The fraction of sp³-hybridized carbons (Fsp3) is 0.0556. The molecule has 0 fully saturated rings. The third-order valence-corrected chi connectivity index (χ3v) is 3.64. The fourth-order valence-electron chi connectivity index (χ4n) is 2.33. The summed E-state index contributed by atoms with van der Waals surface area (Å²) in [5, 5.41) is 19.7. The van der Waals surface area contributed by atoms with Crippen molar-refractivity contribution in [2.45, 2.75) is 6.92 Å². The summed E-state index contributed by atoms with van der Waals surface area (Å²) in [4.78, 5) is 20.7. The summed E-state index contributed by atoms with van der Waals surface area (Å²) in [6, 6.07) is 8.28. The van der Waals surface area contributed by atoms with Crippen molar-refractivity contribution >= 4 is 23.1 Å². The topological polar surface area (TPSA) is 142 Å². The quantitative estimate of drug-likeness (QED) is 0.617. The van der Waals surface area contributed by atoms with Gasteiger partial charge in [0.15, 0.2) is 0 Å². The molecule has 0 bridgehead atoms. The molecule has 3 aromatic heterocycles. The number of nitriles is 1. The Bertz CT molecular complexity index is 1040. The zero-order valence-corrected chi connectivity index (χ0v) is 13.8. The number of rotatable bonds is 4. The van der Waals surface area contributed by atoms with E-state index in [9.17, 15) is 4.79 Å². The normalized spacial score (nSPS) is 10.2. The molecular weight excluding hydrogens is 332 g/mol. The molecule has 132 valence electrons. The maximum Gasteiger partial charge on any atom is 0.275 e. The molecule has 0 aliphatic carbocycles. The van der Waals surface area contributed by atoms with Crippen LogP contribution in [-0.2, 0) is 0 Å². The highest BCUT2D eigenvalue weighted by Gasteiger charge is 2.16. The van der Waals surface area contributed by atoms with Crippen LogP contribution >= 0.6 is 0 Å². The molecule has 1 amide bonds. The number of nitrogens with two attached hydrogens (primary N) is 1. The molecule has 3 aromatic rings. The molecule has 26 heavy (non-hydrogen) atoms. The van der Waals surface area contributed by atoms with Gasteiger partial charge in [0.2, 0.25) is 0 Å². The molecule has 8 nitrogen and oxygen atoms in total. The van der Waals surface area contributed by atoms with Crippen LogP contribution < -0.4 is 11.1 Å². The highest BCUT2D eigenvalue weighted by molar-refractivity contribution is 6.12. The molecule has 8 heteroatoms. The molecule has 0 aromatic carbocycles. The lowest BCUT2D eigenvalue weighted by Gasteiger charge is -2.10. The number of furan rings is 1. The number of nitrogens with one attached hydrogen (secondary N) is 2. The molecular formula is C18H18N6O2. The van der Waals surface area contributed by atoms with Crippen LogP contribution in [0.3, 0.4) is 0 Å². The van der Waals surface area contributed by atoms with Gasteiger partial charge in [-0.2, -0.15) is 5.26 Å². The van der Waals surface area contributed by atoms with Crippen LogP contribution in [0.25, 0.3) is 0 Å². The number of aromatic nitrogens is 2. The van der Waals surface area contributed by atoms with Gasteiger partial charge in [-0.15, -0.1) is 0 Å². The molecule has 3 heterocycles. The van der Waals surface area contributed by atoms with Gasteiger partial charge in [-0.25, -0.2) is 9.97 Å². The smallest absolute Gasteiger partial charge is 0.275 e. The molecule has 0 saturated heterocycles. The third kappa shape index (κ3) is 3.27. The summed E-state index contributed by atoms with van der Waals surface area (Å²) in [6.07, 6.45) is 4.20. The van der Waals surface area contributed by atoms with E-state index in [0.717, 1.165) is 0 Å². The number of nitrogen functional groups attached to an aromatic ring is 1. The summed E-state index contributed by atoms with van der Waals surface area (Å²) < 4.78 is 4.97. The third-order valence-electron chi connectivity index (χ3n) is 3.64. The first-order valence-corrected chi connectivity index (χ1v) is 7.55. The number of aryl methyl sites for hydroxylation is 1. The number of anilines is 2. The lowest BCUT2D eigenvalue weighted by atomic mass is 10.1. The number of carbonyl (C=O) groups excluding carboxylic acids is 1. The first-order chi connectivity index (χ1) is 12.5. The van der Waals surface area contributed by atoms with E-state index in [-0.39, 0.29) is 25.8 Å². The number of pyridine rings is 2. The van der Waals surface area contributed by atoms with E-state index in [0.29, 0.717) is 22.4 Å². The molecule has 0 saturated carbocycles.